The number of nitrogens with zero attached hydrogens (tertiary/aromatic N) is 2. The molecule has 1 aliphatic rings. The highest BCUT2D eigenvalue weighted by atomic mass is 16.5. The zero-order valence-corrected chi connectivity index (χ0v) is 12.7. The average Bonchev–Trinajstić information content (AvgIpc) is 2.55. The van der Waals surface area contributed by atoms with Gasteiger partial charge in [-0.1, -0.05) is 12.1 Å². The first-order valence-electron chi connectivity index (χ1n) is 7.57. The summed E-state index contributed by atoms with van der Waals surface area (Å²) < 4.78 is 5.03. The SMILES string of the molecule is CCOC(=O)C1CCN(C(=O)c2ccc(CC#N)cc2)CC1. The molecular formula is C17H20N2O3. The fourth-order valence-corrected chi connectivity index (χ4v) is 2.62. The quantitative estimate of drug-likeness (QED) is 0.799. The van der Waals surface area contributed by atoms with Gasteiger partial charge < -0.3 is 9.64 Å². The lowest BCUT2D eigenvalue weighted by atomic mass is 9.96. The molecule has 0 bridgehead atoms. The van der Waals surface area contributed by atoms with E-state index in [1.165, 1.54) is 0 Å². The number of benzene rings is 1. The summed E-state index contributed by atoms with van der Waals surface area (Å²) in [5.74, 6) is -0.275. The Morgan fingerprint density at radius 1 is 1.27 bits per heavy atom. The predicted molar refractivity (Wildman–Crippen MR) is 81.0 cm³/mol. The molecule has 1 fully saturated rings. The number of piperidine rings is 1. The first-order chi connectivity index (χ1) is 10.7. The molecule has 1 amide bonds. The summed E-state index contributed by atoms with van der Waals surface area (Å²) in [5.41, 5.74) is 1.52. The molecule has 0 spiro atoms. The number of hydrogen-bond acceptors (Lipinski definition) is 4. The number of carbonyl (C=O) groups excluding carboxylic acids is 2. The first kappa shape index (κ1) is 16.0. The summed E-state index contributed by atoms with van der Waals surface area (Å²) in [6, 6.07) is 9.21. The monoisotopic (exact) mass is 300 g/mol. The molecule has 0 N–H and O–H groups in total. The van der Waals surface area contributed by atoms with Gasteiger partial charge in [-0.15, -0.1) is 0 Å². The van der Waals surface area contributed by atoms with Gasteiger partial charge in [0.1, 0.15) is 0 Å². The van der Waals surface area contributed by atoms with Crippen LogP contribution in [0.25, 0.3) is 0 Å². The normalized spacial score (nSPS) is 15.2. The van der Waals surface area contributed by atoms with Crippen LogP contribution >= 0.6 is 0 Å². The van der Waals surface area contributed by atoms with Crippen molar-refractivity contribution >= 4 is 11.9 Å². The van der Waals surface area contributed by atoms with Crippen LogP contribution in [0.15, 0.2) is 24.3 Å². The number of ether oxygens (including phenoxy) is 1. The minimum atomic E-state index is -0.157. The van der Waals surface area contributed by atoms with Crippen molar-refractivity contribution in [3.63, 3.8) is 0 Å². The molecule has 116 valence electrons. The molecule has 0 atom stereocenters. The van der Waals surface area contributed by atoms with Crippen LogP contribution in [-0.2, 0) is 16.0 Å². The van der Waals surface area contributed by atoms with Gasteiger partial charge in [-0.2, -0.15) is 5.26 Å². The maximum absolute atomic E-state index is 12.4. The van der Waals surface area contributed by atoms with E-state index in [1.807, 2.05) is 12.1 Å². The Morgan fingerprint density at radius 2 is 1.91 bits per heavy atom. The third-order valence-corrected chi connectivity index (χ3v) is 3.89. The molecule has 1 heterocycles. The van der Waals surface area contributed by atoms with Gasteiger partial charge in [0, 0.05) is 18.7 Å². The lowest BCUT2D eigenvalue weighted by Gasteiger charge is -2.31. The van der Waals surface area contributed by atoms with Crippen LogP contribution in [0.3, 0.4) is 0 Å². The molecule has 1 saturated heterocycles. The number of hydrogen-bond donors (Lipinski definition) is 0. The molecule has 1 aliphatic heterocycles. The molecule has 0 saturated carbocycles. The molecule has 0 unspecified atom stereocenters. The van der Waals surface area contributed by atoms with E-state index >= 15 is 0 Å². The van der Waals surface area contributed by atoms with Gasteiger partial charge in [-0.3, -0.25) is 9.59 Å². The second kappa shape index (κ2) is 7.60. The first-order valence-corrected chi connectivity index (χ1v) is 7.57. The van der Waals surface area contributed by atoms with Crippen LogP contribution in [-0.4, -0.2) is 36.5 Å². The van der Waals surface area contributed by atoms with Crippen molar-refractivity contribution in [2.45, 2.75) is 26.2 Å². The fraction of sp³-hybridized carbons (Fsp3) is 0.471. The summed E-state index contributed by atoms with van der Waals surface area (Å²) in [5, 5.41) is 8.65. The van der Waals surface area contributed by atoms with Crippen molar-refractivity contribution < 1.29 is 14.3 Å². The largest absolute Gasteiger partial charge is 0.466 e. The van der Waals surface area contributed by atoms with Crippen LogP contribution in [0.5, 0.6) is 0 Å². The number of amides is 1. The minimum absolute atomic E-state index is 0.0224. The number of rotatable bonds is 4. The Hall–Kier alpha value is -2.35. The number of nitriles is 1. The highest BCUT2D eigenvalue weighted by Gasteiger charge is 2.28. The minimum Gasteiger partial charge on any atom is -0.466 e. The van der Waals surface area contributed by atoms with Crippen molar-refractivity contribution in [3.8, 4) is 6.07 Å². The molecule has 0 aromatic heterocycles. The topological polar surface area (TPSA) is 70.4 Å². The van der Waals surface area contributed by atoms with E-state index in [0.29, 0.717) is 44.5 Å². The Kier molecular flexibility index (Phi) is 5.54. The molecule has 2 rings (SSSR count). The van der Waals surface area contributed by atoms with Crippen molar-refractivity contribution in [2.75, 3.05) is 19.7 Å². The number of carbonyl (C=O) groups is 2. The average molecular weight is 300 g/mol. The van der Waals surface area contributed by atoms with Crippen molar-refractivity contribution in [1.82, 2.24) is 4.90 Å². The van der Waals surface area contributed by atoms with Crippen molar-refractivity contribution in [2.24, 2.45) is 5.92 Å². The van der Waals surface area contributed by atoms with E-state index in [2.05, 4.69) is 6.07 Å². The standard InChI is InChI=1S/C17H20N2O3/c1-2-22-17(21)15-8-11-19(12-9-15)16(20)14-5-3-13(4-6-14)7-10-18/h3-6,15H,2,7-9,11-12H2,1H3. The van der Waals surface area contributed by atoms with Gasteiger partial charge in [0.05, 0.1) is 25.0 Å². The van der Waals surface area contributed by atoms with E-state index in [-0.39, 0.29) is 17.8 Å². The zero-order valence-electron chi connectivity index (χ0n) is 12.7. The predicted octanol–water partition coefficient (Wildman–Crippen LogP) is 2.17. The second-order valence-corrected chi connectivity index (χ2v) is 5.35. The molecule has 5 nitrogen and oxygen atoms in total. The van der Waals surface area contributed by atoms with Crippen LogP contribution in [0, 0.1) is 17.2 Å². The molecular weight excluding hydrogens is 280 g/mol. The lowest BCUT2D eigenvalue weighted by Crippen LogP contribution is -2.40. The van der Waals surface area contributed by atoms with Crippen LogP contribution < -0.4 is 0 Å². The van der Waals surface area contributed by atoms with E-state index in [1.54, 1.807) is 24.0 Å². The van der Waals surface area contributed by atoms with Gasteiger partial charge in [0.2, 0.25) is 0 Å². The maximum atomic E-state index is 12.4. The number of esters is 1. The van der Waals surface area contributed by atoms with E-state index in [0.717, 1.165) is 5.56 Å². The van der Waals surface area contributed by atoms with Gasteiger partial charge in [0.15, 0.2) is 0 Å². The Bertz CT molecular complexity index is 567. The summed E-state index contributed by atoms with van der Waals surface area (Å²) >= 11 is 0. The molecule has 22 heavy (non-hydrogen) atoms. The van der Waals surface area contributed by atoms with E-state index in [4.69, 9.17) is 10.00 Å². The maximum Gasteiger partial charge on any atom is 0.309 e. The molecule has 0 radical (unpaired) electrons. The summed E-state index contributed by atoms with van der Waals surface area (Å²) in [7, 11) is 0. The Balaban J connectivity index is 1.92. The van der Waals surface area contributed by atoms with Crippen molar-refractivity contribution in [1.29, 1.82) is 5.26 Å². The Morgan fingerprint density at radius 3 is 2.45 bits per heavy atom. The second-order valence-electron chi connectivity index (χ2n) is 5.35. The van der Waals surface area contributed by atoms with Gasteiger partial charge >= 0.3 is 5.97 Å². The summed E-state index contributed by atoms with van der Waals surface area (Å²) in [6.07, 6.45) is 1.65. The Labute approximate surface area is 130 Å². The van der Waals surface area contributed by atoms with E-state index < -0.39 is 0 Å². The van der Waals surface area contributed by atoms with Crippen LogP contribution in [0.1, 0.15) is 35.7 Å². The molecule has 0 aliphatic carbocycles. The third-order valence-electron chi connectivity index (χ3n) is 3.89. The molecule has 1 aromatic carbocycles. The van der Waals surface area contributed by atoms with Gasteiger partial charge in [-0.05, 0) is 37.5 Å². The third kappa shape index (κ3) is 3.85. The summed E-state index contributed by atoms with van der Waals surface area (Å²) in [6.45, 7) is 3.34. The molecule has 1 aromatic rings. The highest BCUT2D eigenvalue weighted by Crippen LogP contribution is 2.20. The highest BCUT2D eigenvalue weighted by molar-refractivity contribution is 5.94. The van der Waals surface area contributed by atoms with Crippen LogP contribution in [0.4, 0.5) is 0 Å². The smallest absolute Gasteiger partial charge is 0.309 e. The lowest BCUT2D eigenvalue weighted by molar-refractivity contribution is -0.149. The van der Waals surface area contributed by atoms with E-state index in [9.17, 15) is 9.59 Å². The summed E-state index contributed by atoms with van der Waals surface area (Å²) in [4.78, 5) is 25.9. The fourth-order valence-electron chi connectivity index (χ4n) is 2.62. The zero-order chi connectivity index (χ0) is 15.9. The van der Waals surface area contributed by atoms with Crippen LogP contribution in [0.2, 0.25) is 0 Å². The van der Waals surface area contributed by atoms with Crippen molar-refractivity contribution in [3.05, 3.63) is 35.4 Å². The molecule has 5 heteroatoms. The number of likely N-dealkylation sites (tertiary alicyclic amines) is 1. The van der Waals surface area contributed by atoms with Gasteiger partial charge in [-0.25, -0.2) is 0 Å². The van der Waals surface area contributed by atoms with Gasteiger partial charge in [0.25, 0.3) is 5.91 Å².